The number of carbonyl (C=O) groups excluding carboxylic acids is 1. The number of ketones is 1. The second-order valence-electron chi connectivity index (χ2n) is 6.54. The molecule has 3 aromatic rings. The quantitative estimate of drug-likeness (QED) is 0.287. The van der Waals surface area contributed by atoms with Crippen molar-refractivity contribution < 1.29 is 23.7 Å². The van der Waals surface area contributed by atoms with Gasteiger partial charge in [0.2, 0.25) is 10.9 Å². The molecule has 0 amide bonds. The molecule has 1 aromatic heterocycles. The molecule has 0 aliphatic heterocycles. The average molecular weight is 445 g/mol. The van der Waals surface area contributed by atoms with Crippen molar-refractivity contribution in [2.45, 2.75) is 18.7 Å². The number of carbonyl (C=O) groups is 1. The number of Topliss-reactive ketones (excluding diaryl/α,β-unsaturated/α-hetero) is 1. The zero-order valence-corrected chi connectivity index (χ0v) is 18.6. The van der Waals surface area contributed by atoms with Crippen LogP contribution in [0.1, 0.15) is 21.5 Å². The summed E-state index contributed by atoms with van der Waals surface area (Å²) in [5, 5.41) is 8.34. The van der Waals surface area contributed by atoms with E-state index < -0.39 is 0 Å². The molecule has 1 heterocycles. The molecule has 0 aliphatic carbocycles. The summed E-state index contributed by atoms with van der Waals surface area (Å²) in [6.07, 6.45) is 0. The summed E-state index contributed by atoms with van der Waals surface area (Å²) in [5.74, 6) is 7.72. The first kappa shape index (κ1) is 22.3. The molecule has 164 valence electrons. The predicted molar refractivity (Wildman–Crippen MR) is 117 cm³/mol. The Labute approximate surface area is 184 Å². The van der Waals surface area contributed by atoms with Gasteiger partial charge in [0.1, 0.15) is 6.61 Å². The molecule has 0 radical (unpaired) electrons. The molecule has 2 aromatic carbocycles. The van der Waals surface area contributed by atoms with Crippen LogP contribution in [0.4, 0.5) is 0 Å². The first-order chi connectivity index (χ1) is 15.0. The van der Waals surface area contributed by atoms with Crippen molar-refractivity contribution in [3.63, 3.8) is 0 Å². The number of nitrogen functional groups attached to an aromatic ring is 1. The maximum atomic E-state index is 12.3. The van der Waals surface area contributed by atoms with Crippen molar-refractivity contribution in [3.05, 3.63) is 53.1 Å². The van der Waals surface area contributed by atoms with Gasteiger partial charge in [0.15, 0.2) is 17.3 Å². The summed E-state index contributed by atoms with van der Waals surface area (Å²) in [7, 11) is 4.62. The van der Waals surface area contributed by atoms with Gasteiger partial charge in [0.05, 0.1) is 27.1 Å². The number of nitrogens with two attached hydrogens (primary N) is 1. The van der Waals surface area contributed by atoms with Gasteiger partial charge < -0.3 is 24.8 Å². The van der Waals surface area contributed by atoms with Gasteiger partial charge in [0, 0.05) is 5.56 Å². The standard InChI is InChI=1S/C21H24N4O5S/c1-13-5-7-15(8-6-13)16(26)12-31-21-24-23-20(25(21)22)30-11-14-9-17(27-2)19(29-4)18(10-14)28-3/h5-10H,11-12,22H2,1-4H3. The summed E-state index contributed by atoms with van der Waals surface area (Å²) in [5.41, 5.74) is 2.50. The van der Waals surface area contributed by atoms with E-state index in [9.17, 15) is 4.79 Å². The molecule has 0 saturated carbocycles. The minimum absolute atomic E-state index is 0.0205. The van der Waals surface area contributed by atoms with Crippen molar-refractivity contribution >= 4 is 17.5 Å². The molecule has 10 heteroatoms. The van der Waals surface area contributed by atoms with Crippen LogP contribution in [0.3, 0.4) is 0 Å². The van der Waals surface area contributed by atoms with Crippen LogP contribution in [0, 0.1) is 6.92 Å². The van der Waals surface area contributed by atoms with Crippen LogP contribution in [0.25, 0.3) is 0 Å². The molecule has 0 fully saturated rings. The normalized spacial score (nSPS) is 10.6. The molecule has 0 spiro atoms. The average Bonchev–Trinajstić information content (AvgIpc) is 3.14. The van der Waals surface area contributed by atoms with Gasteiger partial charge in [-0.3, -0.25) is 4.79 Å². The van der Waals surface area contributed by atoms with Gasteiger partial charge in [-0.15, -0.1) is 5.10 Å². The number of ether oxygens (including phenoxy) is 4. The summed E-state index contributed by atoms with van der Waals surface area (Å²) >= 11 is 1.19. The van der Waals surface area contributed by atoms with E-state index in [4.69, 9.17) is 24.8 Å². The molecule has 0 aliphatic rings. The highest BCUT2D eigenvalue weighted by atomic mass is 32.2. The fourth-order valence-electron chi connectivity index (χ4n) is 2.78. The largest absolute Gasteiger partial charge is 0.493 e. The summed E-state index contributed by atoms with van der Waals surface area (Å²) in [6.45, 7) is 2.12. The van der Waals surface area contributed by atoms with Crippen molar-refractivity contribution in [2.24, 2.45) is 0 Å². The topological polar surface area (TPSA) is 111 Å². The maximum Gasteiger partial charge on any atom is 0.337 e. The van der Waals surface area contributed by atoms with Gasteiger partial charge in [-0.2, -0.15) is 4.68 Å². The van der Waals surface area contributed by atoms with E-state index in [2.05, 4.69) is 10.2 Å². The third kappa shape index (κ3) is 5.21. The van der Waals surface area contributed by atoms with Crippen molar-refractivity contribution in [1.82, 2.24) is 14.9 Å². The minimum Gasteiger partial charge on any atom is -0.493 e. The molecule has 0 atom stereocenters. The Morgan fingerprint density at radius 3 is 2.26 bits per heavy atom. The number of aromatic nitrogens is 3. The van der Waals surface area contributed by atoms with Crippen LogP contribution in [0.2, 0.25) is 0 Å². The van der Waals surface area contributed by atoms with Crippen LogP contribution < -0.4 is 24.8 Å². The van der Waals surface area contributed by atoms with Crippen molar-refractivity contribution in [1.29, 1.82) is 0 Å². The highest BCUT2D eigenvalue weighted by molar-refractivity contribution is 7.99. The number of rotatable bonds is 10. The molecule has 2 N–H and O–H groups in total. The maximum absolute atomic E-state index is 12.3. The summed E-state index contributed by atoms with van der Waals surface area (Å²) in [4.78, 5) is 12.3. The lowest BCUT2D eigenvalue weighted by Gasteiger charge is -2.14. The first-order valence-corrected chi connectivity index (χ1v) is 10.3. The lowest BCUT2D eigenvalue weighted by molar-refractivity contribution is 0.102. The van der Waals surface area contributed by atoms with E-state index in [0.717, 1.165) is 11.1 Å². The number of hydrogen-bond donors (Lipinski definition) is 1. The van der Waals surface area contributed by atoms with E-state index in [-0.39, 0.29) is 24.2 Å². The van der Waals surface area contributed by atoms with E-state index in [1.165, 1.54) is 23.5 Å². The molecule has 31 heavy (non-hydrogen) atoms. The van der Waals surface area contributed by atoms with Crippen molar-refractivity contribution in [2.75, 3.05) is 32.9 Å². The molecule has 0 saturated heterocycles. The van der Waals surface area contributed by atoms with Gasteiger partial charge >= 0.3 is 6.01 Å². The first-order valence-electron chi connectivity index (χ1n) is 9.31. The molecule has 9 nitrogen and oxygen atoms in total. The van der Waals surface area contributed by atoms with E-state index in [1.807, 2.05) is 19.1 Å². The van der Waals surface area contributed by atoms with Gasteiger partial charge in [-0.05, 0) is 24.6 Å². The van der Waals surface area contributed by atoms with E-state index in [1.54, 1.807) is 38.5 Å². The second kappa shape index (κ2) is 10.1. The predicted octanol–water partition coefficient (Wildman–Crippen LogP) is 2.88. The molecular weight excluding hydrogens is 420 g/mol. The number of aryl methyl sites for hydroxylation is 1. The molecular formula is C21H24N4O5S. The number of nitrogens with zero attached hydrogens (tertiary/aromatic N) is 3. The third-order valence-electron chi connectivity index (χ3n) is 4.43. The Balaban J connectivity index is 1.64. The van der Waals surface area contributed by atoms with Crippen LogP contribution in [0.5, 0.6) is 23.3 Å². The highest BCUT2D eigenvalue weighted by Gasteiger charge is 2.16. The number of methoxy groups -OCH3 is 3. The van der Waals surface area contributed by atoms with E-state index in [0.29, 0.717) is 28.0 Å². The Bertz CT molecular complexity index is 1030. The Hall–Kier alpha value is -3.40. The minimum atomic E-state index is -0.0205. The Kier molecular flexibility index (Phi) is 7.24. The zero-order chi connectivity index (χ0) is 22.4. The number of benzene rings is 2. The smallest absolute Gasteiger partial charge is 0.337 e. The van der Waals surface area contributed by atoms with Crippen LogP contribution in [-0.2, 0) is 6.61 Å². The summed E-state index contributed by atoms with van der Waals surface area (Å²) in [6, 6.07) is 11.1. The van der Waals surface area contributed by atoms with Crippen LogP contribution in [-0.4, -0.2) is 47.7 Å². The Morgan fingerprint density at radius 2 is 1.68 bits per heavy atom. The van der Waals surface area contributed by atoms with E-state index >= 15 is 0 Å². The lowest BCUT2D eigenvalue weighted by Crippen LogP contribution is -2.14. The number of thioether (sulfide) groups is 1. The third-order valence-corrected chi connectivity index (χ3v) is 5.37. The number of hydrogen-bond acceptors (Lipinski definition) is 9. The monoisotopic (exact) mass is 444 g/mol. The fourth-order valence-corrected chi connectivity index (χ4v) is 3.52. The highest BCUT2D eigenvalue weighted by Crippen LogP contribution is 2.38. The fraction of sp³-hybridized carbons (Fsp3) is 0.286. The van der Waals surface area contributed by atoms with Crippen molar-refractivity contribution in [3.8, 4) is 23.3 Å². The van der Waals surface area contributed by atoms with Gasteiger partial charge in [-0.25, -0.2) is 0 Å². The van der Waals surface area contributed by atoms with Gasteiger partial charge in [0.25, 0.3) is 0 Å². The molecule has 0 bridgehead atoms. The molecule has 3 rings (SSSR count). The van der Waals surface area contributed by atoms with Gasteiger partial charge in [-0.1, -0.05) is 46.7 Å². The Morgan fingerprint density at radius 1 is 1.03 bits per heavy atom. The summed E-state index contributed by atoms with van der Waals surface area (Å²) < 4.78 is 22.9. The second-order valence-corrected chi connectivity index (χ2v) is 7.48. The van der Waals surface area contributed by atoms with Crippen LogP contribution >= 0.6 is 11.8 Å². The SMILES string of the molecule is COc1cc(COc2nnc(SCC(=O)c3ccc(C)cc3)n2N)cc(OC)c1OC. The zero-order valence-electron chi connectivity index (χ0n) is 17.7. The lowest BCUT2D eigenvalue weighted by atomic mass is 10.1. The molecule has 0 unspecified atom stereocenters. The van der Waals surface area contributed by atoms with Crippen LogP contribution in [0.15, 0.2) is 41.6 Å².